The first-order chi connectivity index (χ1) is 8.54. The molecule has 0 saturated carbocycles. The van der Waals surface area contributed by atoms with Gasteiger partial charge in [-0.2, -0.15) is 0 Å². The zero-order chi connectivity index (χ0) is 13.1. The summed E-state index contributed by atoms with van der Waals surface area (Å²) in [5, 5.41) is 9.32. The van der Waals surface area contributed by atoms with Crippen LogP contribution in [0.5, 0.6) is 10.9 Å². The van der Waals surface area contributed by atoms with Crippen LogP contribution in [0.2, 0.25) is 0 Å². The second-order valence-corrected chi connectivity index (χ2v) is 5.11. The molecule has 0 atom stereocenters. The highest BCUT2D eigenvalue weighted by molar-refractivity contribution is 7.13. The molecule has 94 valence electrons. The molecular formula is C13H13NO3S. The van der Waals surface area contributed by atoms with Crippen molar-refractivity contribution in [2.45, 2.75) is 20.3 Å². The molecule has 0 amide bonds. The Hall–Kier alpha value is -1.88. The highest BCUT2D eigenvalue weighted by atomic mass is 32.1. The predicted octanol–water partition coefficient (Wildman–Crippen LogP) is 3.18. The SMILES string of the molecule is Cc1nc(Oc2cccc(CC(=O)O)c2)sc1C. The van der Waals surface area contributed by atoms with Crippen LogP contribution in [0, 0.1) is 13.8 Å². The Morgan fingerprint density at radius 3 is 2.83 bits per heavy atom. The Labute approximate surface area is 109 Å². The Kier molecular flexibility index (Phi) is 3.62. The van der Waals surface area contributed by atoms with Crippen LogP contribution in [0.1, 0.15) is 16.1 Å². The Bertz CT molecular complexity index is 558. The van der Waals surface area contributed by atoms with Gasteiger partial charge in [0.05, 0.1) is 12.1 Å². The molecule has 2 aromatic rings. The fraction of sp³-hybridized carbons (Fsp3) is 0.231. The molecule has 4 nitrogen and oxygen atoms in total. The second kappa shape index (κ2) is 5.18. The number of thiazole rings is 1. The predicted molar refractivity (Wildman–Crippen MR) is 69.4 cm³/mol. The summed E-state index contributed by atoms with van der Waals surface area (Å²) >= 11 is 1.48. The summed E-state index contributed by atoms with van der Waals surface area (Å²) in [7, 11) is 0. The smallest absolute Gasteiger partial charge is 0.307 e. The number of nitrogens with zero attached hydrogens (tertiary/aromatic N) is 1. The first-order valence-corrected chi connectivity index (χ1v) is 6.29. The fourth-order valence-electron chi connectivity index (χ4n) is 1.48. The van der Waals surface area contributed by atoms with E-state index in [0.717, 1.165) is 10.6 Å². The van der Waals surface area contributed by atoms with E-state index in [0.29, 0.717) is 16.5 Å². The van der Waals surface area contributed by atoms with Crippen LogP contribution in [0.4, 0.5) is 0 Å². The summed E-state index contributed by atoms with van der Waals surface area (Å²) in [6.45, 7) is 3.92. The summed E-state index contributed by atoms with van der Waals surface area (Å²) in [4.78, 5) is 16.0. The molecule has 0 unspecified atom stereocenters. The molecule has 1 aromatic heterocycles. The average Bonchev–Trinajstić information content (AvgIpc) is 2.57. The Balaban J connectivity index is 2.16. The highest BCUT2D eigenvalue weighted by Gasteiger charge is 2.07. The van der Waals surface area contributed by atoms with E-state index in [-0.39, 0.29) is 6.42 Å². The van der Waals surface area contributed by atoms with Crippen molar-refractivity contribution >= 4 is 17.3 Å². The topological polar surface area (TPSA) is 59.4 Å². The molecule has 0 spiro atoms. The zero-order valence-electron chi connectivity index (χ0n) is 10.1. The van der Waals surface area contributed by atoms with E-state index in [2.05, 4.69) is 4.98 Å². The number of aromatic nitrogens is 1. The lowest BCUT2D eigenvalue weighted by atomic mass is 10.1. The summed E-state index contributed by atoms with van der Waals surface area (Å²) in [6.07, 6.45) is -0.00682. The molecule has 0 aliphatic heterocycles. The van der Waals surface area contributed by atoms with E-state index >= 15 is 0 Å². The van der Waals surface area contributed by atoms with Crippen LogP contribution < -0.4 is 4.74 Å². The van der Waals surface area contributed by atoms with Crippen LogP contribution in [-0.4, -0.2) is 16.1 Å². The van der Waals surface area contributed by atoms with Crippen LogP contribution in [0.25, 0.3) is 0 Å². The molecule has 0 radical (unpaired) electrons. The largest absolute Gasteiger partial charge is 0.481 e. The van der Waals surface area contributed by atoms with Crippen LogP contribution in [0.15, 0.2) is 24.3 Å². The number of aryl methyl sites for hydroxylation is 2. The first-order valence-electron chi connectivity index (χ1n) is 5.47. The van der Waals surface area contributed by atoms with E-state index in [1.807, 2.05) is 13.8 Å². The normalized spacial score (nSPS) is 10.3. The average molecular weight is 263 g/mol. The maximum absolute atomic E-state index is 10.6. The monoisotopic (exact) mass is 263 g/mol. The maximum Gasteiger partial charge on any atom is 0.307 e. The van der Waals surface area contributed by atoms with Gasteiger partial charge in [0, 0.05) is 4.88 Å². The summed E-state index contributed by atoms with van der Waals surface area (Å²) in [5.74, 6) is -0.240. The third-order valence-electron chi connectivity index (χ3n) is 2.47. The molecule has 0 aliphatic rings. The van der Waals surface area contributed by atoms with Crippen molar-refractivity contribution in [3.63, 3.8) is 0 Å². The van der Waals surface area contributed by atoms with E-state index in [1.165, 1.54) is 11.3 Å². The van der Waals surface area contributed by atoms with Crippen molar-refractivity contribution in [3.8, 4) is 10.9 Å². The van der Waals surface area contributed by atoms with E-state index in [4.69, 9.17) is 9.84 Å². The minimum absolute atomic E-state index is 0.00682. The summed E-state index contributed by atoms with van der Waals surface area (Å²) in [5.41, 5.74) is 1.67. The van der Waals surface area contributed by atoms with Gasteiger partial charge in [0.1, 0.15) is 5.75 Å². The number of carboxylic acid groups (broad SMARTS) is 1. The molecule has 0 aliphatic carbocycles. The first kappa shape index (κ1) is 12.6. The maximum atomic E-state index is 10.6. The van der Waals surface area contributed by atoms with Gasteiger partial charge in [0.25, 0.3) is 5.19 Å². The van der Waals surface area contributed by atoms with Crippen LogP contribution in [-0.2, 0) is 11.2 Å². The minimum Gasteiger partial charge on any atom is -0.481 e. The molecule has 2 rings (SSSR count). The van der Waals surface area contributed by atoms with Gasteiger partial charge in [-0.1, -0.05) is 23.5 Å². The van der Waals surface area contributed by atoms with Gasteiger partial charge in [-0.25, -0.2) is 4.98 Å². The lowest BCUT2D eigenvalue weighted by Crippen LogP contribution is -1.99. The van der Waals surface area contributed by atoms with E-state index in [1.54, 1.807) is 24.3 Å². The van der Waals surface area contributed by atoms with Crippen molar-refractivity contribution < 1.29 is 14.6 Å². The van der Waals surface area contributed by atoms with Gasteiger partial charge < -0.3 is 9.84 Å². The number of ether oxygens (including phenoxy) is 1. The number of rotatable bonds is 4. The van der Waals surface area contributed by atoms with Gasteiger partial charge in [0.2, 0.25) is 0 Å². The van der Waals surface area contributed by atoms with Crippen LogP contribution in [0.3, 0.4) is 0 Å². The van der Waals surface area contributed by atoms with Crippen molar-refractivity contribution in [2.75, 3.05) is 0 Å². The van der Waals surface area contributed by atoms with Crippen molar-refractivity contribution in [2.24, 2.45) is 0 Å². The standard InChI is InChI=1S/C13H13NO3S/c1-8-9(2)18-13(14-8)17-11-5-3-4-10(6-11)7-12(15)16/h3-6H,7H2,1-2H3,(H,15,16). The number of hydrogen-bond acceptors (Lipinski definition) is 4. The number of hydrogen-bond donors (Lipinski definition) is 1. The molecule has 1 N–H and O–H groups in total. The van der Waals surface area contributed by atoms with Gasteiger partial charge >= 0.3 is 5.97 Å². The van der Waals surface area contributed by atoms with Crippen molar-refractivity contribution in [1.29, 1.82) is 0 Å². The van der Waals surface area contributed by atoms with E-state index in [9.17, 15) is 4.79 Å². The number of carboxylic acids is 1. The van der Waals surface area contributed by atoms with Gasteiger partial charge in [-0.3, -0.25) is 4.79 Å². The highest BCUT2D eigenvalue weighted by Crippen LogP contribution is 2.28. The second-order valence-electron chi connectivity index (χ2n) is 3.94. The number of carbonyl (C=O) groups is 1. The lowest BCUT2D eigenvalue weighted by molar-refractivity contribution is -0.136. The third kappa shape index (κ3) is 3.07. The Morgan fingerprint density at radius 2 is 2.22 bits per heavy atom. The fourth-order valence-corrected chi connectivity index (χ4v) is 2.26. The summed E-state index contributed by atoms with van der Waals surface area (Å²) < 4.78 is 5.62. The number of benzene rings is 1. The molecule has 0 saturated heterocycles. The number of aliphatic carboxylic acids is 1. The molecule has 18 heavy (non-hydrogen) atoms. The quantitative estimate of drug-likeness (QED) is 0.920. The zero-order valence-corrected chi connectivity index (χ0v) is 11.0. The van der Waals surface area contributed by atoms with Gasteiger partial charge in [-0.05, 0) is 31.5 Å². The van der Waals surface area contributed by atoms with Crippen molar-refractivity contribution in [3.05, 3.63) is 40.4 Å². The molecule has 5 heteroatoms. The molecule has 0 bridgehead atoms. The lowest BCUT2D eigenvalue weighted by Gasteiger charge is -2.03. The van der Waals surface area contributed by atoms with Gasteiger partial charge in [0.15, 0.2) is 0 Å². The third-order valence-corrected chi connectivity index (χ3v) is 3.42. The molecule has 1 aromatic carbocycles. The Morgan fingerprint density at radius 1 is 1.44 bits per heavy atom. The molecular weight excluding hydrogens is 250 g/mol. The molecule has 0 fully saturated rings. The summed E-state index contributed by atoms with van der Waals surface area (Å²) in [6, 6.07) is 7.05. The van der Waals surface area contributed by atoms with Crippen molar-refractivity contribution in [1.82, 2.24) is 4.98 Å². The minimum atomic E-state index is -0.854. The van der Waals surface area contributed by atoms with Crippen LogP contribution >= 0.6 is 11.3 Å². The van der Waals surface area contributed by atoms with Gasteiger partial charge in [-0.15, -0.1) is 0 Å². The van der Waals surface area contributed by atoms with E-state index < -0.39 is 5.97 Å². The molecule has 1 heterocycles.